The average molecular weight is 225 g/mol. The third-order valence-corrected chi connectivity index (χ3v) is 2.33. The van der Waals surface area contributed by atoms with Crippen molar-refractivity contribution in [1.82, 2.24) is 0 Å². The molecule has 0 heterocycles. The van der Waals surface area contributed by atoms with E-state index in [0.717, 1.165) is 17.7 Å². The van der Waals surface area contributed by atoms with Crippen molar-refractivity contribution in [2.45, 2.75) is 19.4 Å². The quantitative estimate of drug-likeness (QED) is 0.827. The van der Waals surface area contributed by atoms with E-state index < -0.39 is 0 Å². The Labute approximate surface area is 96.3 Å². The minimum atomic E-state index is 0.0759. The third kappa shape index (κ3) is 2.79. The van der Waals surface area contributed by atoms with Gasteiger partial charge in [-0.2, -0.15) is 0 Å². The number of ether oxygens (including phenoxy) is 3. The molecule has 0 saturated heterocycles. The summed E-state index contributed by atoms with van der Waals surface area (Å²) in [4.78, 5) is 0. The normalized spacial score (nSPS) is 12.1. The van der Waals surface area contributed by atoms with Crippen molar-refractivity contribution in [2.75, 3.05) is 21.3 Å². The molecule has 0 aliphatic heterocycles. The highest BCUT2D eigenvalue weighted by molar-refractivity contribution is 5.50. The van der Waals surface area contributed by atoms with E-state index >= 15 is 0 Å². The van der Waals surface area contributed by atoms with Crippen LogP contribution < -0.4 is 19.9 Å². The lowest BCUT2D eigenvalue weighted by atomic mass is 10.1. The fourth-order valence-corrected chi connectivity index (χ4v) is 1.60. The molecular formula is C12H19NO3. The first-order chi connectivity index (χ1) is 7.62. The van der Waals surface area contributed by atoms with Crippen LogP contribution in [0.25, 0.3) is 0 Å². The van der Waals surface area contributed by atoms with Crippen molar-refractivity contribution < 1.29 is 14.2 Å². The van der Waals surface area contributed by atoms with Gasteiger partial charge < -0.3 is 19.9 Å². The second-order valence-electron chi connectivity index (χ2n) is 3.70. The van der Waals surface area contributed by atoms with E-state index in [-0.39, 0.29) is 6.04 Å². The lowest BCUT2D eigenvalue weighted by molar-refractivity contribution is 0.347. The molecule has 1 aromatic rings. The molecule has 0 aliphatic rings. The number of hydrogen-bond acceptors (Lipinski definition) is 4. The molecule has 1 rings (SSSR count). The number of benzene rings is 1. The lowest BCUT2D eigenvalue weighted by Crippen LogP contribution is -2.18. The Balaban J connectivity index is 3.15. The minimum Gasteiger partial charge on any atom is -0.496 e. The van der Waals surface area contributed by atoms with Gasteiger partial charge in [0.2, 0.25) is 0 Å². The number of methoxy groups -OCH3 is 3. The van der Waals surface area contributed by atoms with E-state index in [4.69, 9.17) is 19.9 Å². The Kier molecular flexibility index (Phi) is 4.43. The van der Waals surface area contributed by atoms with E-state index in [1.54, 1.807) is 21.3 Å². The largest absolute Gasteiger partial charge is 0.496 e. The van der Waals surface area contributed by atoms with Gasteiger partial charge in [-0.3, -0.25) is 0 Å². The first-order valence-corrected chi connectivity index (χ1v) is 5.16. The summed E-state index contributed by atoms with van der Waals surface area (Å²) in [5.74, 6) is 2.13. The second-order valence-corrected chi connectivity index (χ2v) is 3.70. The van der Waals surface area contributed by atoms with Crippen molar-refractivity contribution in [1.29, 1.82) is 0 Å². The Bertz CT molecular complexity index is 350. The molecule has 0 aromatic heterocycles. The highest BCUT2D eigenvalue weighted by Crippen LogP contribution is 2.34. The van der Waals surface area contributed by atoms with Crippen LogP contribution in [-0.2, 0) is 6.42 Å². The van der Waals surface area contributed by atoms with Crippen LogP contribution >= 0.6 is 0 Å². The maximum absolute atomic E-state index is 5.78. The first kappa shape index (κ1) is 12.6. The SMILES string of the molecule is COc1cc(OC)c(OC)cc1C[C@@H](C)N. The van der Waals surface area contributed by atoms with Gasteiger partial charge in [0.15, 0.2) is 11.5 Å². The van der Waals surface area contributed by atoms with Crippen molar-refractivity contribution in [3.05, 3.63) is 17.7 Å². The molecule has 4 nitrogen and oxygen atoms in total. The van der Waals surface area contributed by atoms with Gasteiger partial charge in [0.1, 0.15) is 5.75 Å². The molecule has 0 bridgehead atoms. The van der Waals surface area contributed by atoms with E-state index in [1.165, 1.54) is 0 Å². The van der Waals surface area contributed by atoms with Gasteiger partial charge in [-0.25, -0.2) is 0 Å². The number of nitrogens with two attached hydrogens (primary N) is 1. The highest BCUT2D eigenvalue weighted by Gasteiger charge is 2.12. The predicted molar refractivity (Wildman–Crippen MR) is 63.5 cm³/mol. The van der Waals surface area contributed by atoms with Crippen LogP contribution in [0.3, 0.4) is 0 Å². The summed E-state index contributed by atoms with van der Waals surface area (Å²) >= 11 is 0. The molecule has 2 N–H and O–H groups in total. The van der Waals surface area contributed by atoms with Crippen LogP contribution in [-0.4, -0.2) is 27.4 Å². The predicted octanol–water partition coefficient (Wildman–Crippen LogP) is 1.60. The zero-order chi connectivity index (χ0) is 12.1. The van der Waals surface area contributed by atoms with Gasteiger partial charge in [-0.05, 0) is 25.0 Å². The van der Waals surface area contributed by atoms with E-state index in [2.05, 4.69) is 0 Å². The standard InChI is InChI=1S/C12H19NO3/c1-8(13)5-9-6-11(15-3)12(16-4)7-10(9)14-2/h6-8H,5,13H2,1-4H3/t8-/m1/s1. The van der Waals surface area contributed by atoms with Crippen LogP contribution in [0.15, 0.2) is 12.1 Å². The van der Waals surface area contributed by atoms with Crippen molar-refractivity contribution in [2.24, 2.45) is 5.73 Å². The highest BCUT2D eigenvalue weighted by atomic mass is 16.5. The molecule has 0 aliphatic carbocycles. The molecule has 4 heteroatoms. The maximum Gasteiger partial charge on any atom is 0.164 e. The molecule has 90 valence electrons. The smallest absolute Gasteiger partial charge is 0.164 e. The first-order valence-electron chi connectivity index (χ1n) is 5.16. The molecule has 0 amide bonds. The Morgan fingerprint density at radius 2 is 1.50 bits per heavy atom. The van der Waals surface area contributed by atoms with Crippen molar-refractivity contribution in [3.63, 3.8) is 0 Å². The van der Waals surface area contributed by atoms with Crippen LogP contribution in [0.4, 0.5) is 0 Å². The molecule has 0 fully saturated rings. The Morgan fingerprint density at radius 3 is 1.94 bits per heavy atom. The fourth-order valence-electron chi connectivity index (χ4n) is 1.60. The minimum absolute atomic E-state index is 0.0759. The molecular weight excluding hydrogens is 206 g/mol. The van der Waals surface area contributed by atoms with Crippen LogP contribution in [0.2, 0.25) is 0 Å². The van der Waals surface area contributed by atoms with Gasteiger partial charge >= 0.3 is 0 Å². The summed E-state index contributed by atoms with van der Waals surface area (Å²) in [5.41, 5.74) is 6.81. The fraction of sp³-hybridized carbons (Fsp3) is 0.500. The molecule has 0 radical (unpaired) electrons. The summed E-state index contributed by atoms with van der Waals surface area (Å²) < 4.78 is 15.7. The van der Waals surface area contributed by atoms with Crippen LogP contribution in [0.1, 0.15) is 12.5 Å². The lowest BCUT2D eigenvalue weighted by Gasteiger charge is -2.15. The Hall–Kier alpha value is -1.42. The number of rotatable bonds is 5. The Morgan fingerprint density at radius 1 is 1.00 bits per heavy atom. The molecule has 16 heavy (non-hydrogen) atoms. The van der Waals surface area contributed by atoms with E-state index in [0.29, 0.717) is 11.5 Å². The monoisotopic (exact) mass is 225 g/mol. The van der Waals surface area contributed by atoms with Gasteiger partial charge in [0.05, 0.1) is 21.3 Å². The summed E-state index contributed by atoms with van der Waals surface area (Å²) in [5, 5.41) is 0. The second kappa shape index (κ2) is 5.61. The van der Waals surface area contributed by atoms with Crippen molar-refractivity contribution in [3.8, 4) is 17.2 Å². The summed E-state index contributed by atoms with van der Waals surface area (Å²) in [7, 11) is 4.84. The van der Waals surface area contributed by atoms with E-state index in [1.807, 2.05) is 19.1 Å². The zero-order valence-electron chi connectivity index (χ0n) is 10.2. The molecule has 0 unspecified atom stereocenters. The molecule has 1 atom stereocenters. The van der Waals surface area contributed by atoms with Gasteiger partial charge in [-0.1, -0.05) is 0 Å². The van der Waals surface area contributed by atoms with Gasteiger partial charge in [0, 0.05) is 12.1 Å². The van der Waals surface area contributed by atoms with Crippen molar-refractivity contribution >= 4 is 0 Å². The zero-order valence-corrected chi connectivity index (χ0v) is 10.2. The van der Waals surface area contributed by atoms with Gasteiger partial charge in [-0.15, -0.1) is 0 Å². The van der Waals surface area contributed by atoms with Crippen LogP contribution in [0.5, 0.6) is 17.2 Å². The average Bonchev–Trinajstić information content (AvgIpc) is 2.27. The maximum atomic E-state index is 5.78. The number of hydrogen-bond donors (Lipinski definition) is 1. The van der Waals surface area contributed by atoms with E-state index in [9.17, 15) is 0 Å². The summed E-state index contributed by atoms with van der Waals surface area (Å²) in [6, 6.07) is 3.80. The van der Waals surface area contributed by atoms with Gasteiger partial charge in [0.25, 0.3) is 0 Å². The molecule has 0 saturated carbocycles. The summed E-state index contributed by atoms with van der Waals surface area (Å²) in [6.45, 7) is 1.95. The topological polar surface area (TPSA) is 53.7 Å². The van der Waals surface area contributed by atoms with Crippen LogP contribution in [0, 0.1) is 0 Å². The molecule has 1 aromatic carbocycles. The summed E-state index contributed by atoms with van der Waals surface area (Å²) in [6.07, 6.45) is 0.740. The molecule has 0 spiro atoms. The third-order valence-electron chi connectivity index (χ3n) is 2.33.